The molecule has 0 saturated heterocycles. The molecule has 0 aliphatic heterocycles. The summed E-state index contributed by atoms with van der Waals surface area (Å²) in [7, 11) is -3.48. The molecule has 0 bridgehead atoms. The molecule has 2 N–H and O–H groups in total. The number of rotatable bonds is 7. The Labute approximate surface area is 115 Å². The minimum Gasteiger partial charge on any atom is -0.392 e. The van der Waals surface area contributed by atoms with Crippen LogP contribution in [0.25, 0.3) is 0 Å². The van der Waals surface area contributed by atoms with E-state index in [4.69, 9.17) is 5.11 Å². The van der Waals surface area contributed by atoms with Gasteiger partial charge in [0.25, 0.3) is 0 Å². The van der Waals surface area contributed by atoms with E-state index in [9.17, 15) is 8.42 Å². The number of aliphatic hydroxyl groups is 1. The van der Waals surface area contributed by atoms with Gasteiger partial charge in [0.1, 0.15) is 0 Å². The Hall–Kier alpha value is -0.910. The van der Waals surface area contributed by atoms with Gasteiger partial charge in [-0.15, -0.1) is 0 Å². The van der Waals surface area contributed by atoms with Crippen molar-refractivity contribution in [3.05, 3.63) is 29.8 Å². The van der Waals surface area contributed by atoms with Crippen LogP contribution in [0.5, 0.6) is 0 Å². The lowest BCUT2D eigenvalue weighted by Gasteiger charge is -2.22. The average molecular weight is 285 g/mol. The van der Waals surface area contributed by atoms with Crippen molar-refractivity contribution in [3.63, 3.8) is 0 Å². The third-order valence-corrected chi connectivity index (χ3v) is 5.09. The topological polar surface area (TPSA) is 66.4 Å². The van der Waals surface area contributed by atoms with E-state index < -0.39 is 10.0 Å². The largest absolute Gasteiger partial charge is 0.392 e. The fourth-order valence-corrected chi connectivity index (χ4v) is 3.49. The summed E-state index contributed by atoms with van der Waals surface area (Å²) in [4.78, 5) is 0.238. The lowest BCUT2D eigenvalue weighted by molar-refractivity contribution is 0.282. The van der Waals surface area contributed by atoms with Crippen molar-refractivity contribution < 1.29 is 13.5 Å². The highest BCUT2D eigenvalue weighted by Gasteiger charge is 2.21. The van der Waals surface area contributed by atoms with Gasteiger partial charge >= 0.3 is 0 Å². The van der Waals surface area contributed by atoms with E-state index in [1.165, 1.54) is 12.1 Å². The predicted molar refractivity (Wildman–Crippen MR) is 76.2 cm³/mol. The zero-order chi connectivity index (χ0) is 14.5. The molecule has 0 radical (unpaired) electrons. The van der Waals surface area contributed by atoms with Gasteiger partial charge in [0.05, 0.1) is 11.5 Å². The van der Waals surface area contributed by atoms with Crippen molar-refractivity contribution in [1.82, 2.24) is 4.72 Å². The van der Waals surface area contributed by atoms with Crippen LogP contribution in [0.15, 0.2) is 29.2 Å². The Kier molecular flexibility index (Phi) is 5.97. The van der Waals surface area contributed by atoms with Gasteiger partial charge in [0.15, 0.2) is 0 Å². The maximum atomic E-state index is 12.2. The van der Waals surface area contributed by atoms with Crippen LogP contribution in [-0.2, 0) is 16.6 Å². The van der Waals surface area contributed by atoms with Crippen molar-refractivity contribution in [2.24, 2.45) is 5.92 Å². The lowest BCUT2D eigenvalue weighted by atomic mass is 9.96. The molecule has 0 spiro atoms. The first-order valence-corrected chi connectivity index (χ1v) is 8.15. The molecule has 0 heterocycles. The Morgan fingerprint density at radius 3 is 2.11 bits per heavy atom. The highest BCUT2D eigenvalue weighted by molar-refractivity contribution is 7.89. The molecule has 0 fully saturated rings. The fraction of sp³-hybridized carbons (Fsp3) is 0.571. The second kappa shape index (κ2) is 7.03. The maximum Gasteiger partial charge on any atom is 0.240 e. The van der Waals surface area contributed by atoms with Crippen LogP contribution in [-0.4, -0.2) is 19.6 Å². The molecule has 0 aliphatic rings. The highest BCUT2D eigenvalue weighted by atomic mass is 32.2. The first kappa shape index (κ1) is 16.1. The Morgan fingerprint density at radius 2 is 1.68 bits per heavy atom. The number of hydrogen-bond acceptors (Lipinski definition) is 3. The number of hydrogen-bond donors (Lipinski definition) is 2. The Bertz CT molecular complexity index is 478. The van der Waals surface area contributed by atoms with E-state index in [0.717, 1.165) is 12.8 Å². The van der Waals surface area contributed by atoms with Crippen molar-refractivity contribution in [2.45, 2.75) is 51.2 Å². The van der Waals surface area contributed by atoms with Crippen molar-refractivity contribution in [1.29, 1.82) is 0 Å². The summed E-state index contributed by atoms with van der Waals surface area (Å²) in [5.74, 6) is 0.339. The van der Waals surface area contributed by atoms with E-state index in [1.807, 2.05) is 6.92 Å². The highest BCUT2D eigenvalue weighted by Crippen LogP contribution is 2.16. The van der Waals surface area contributed by atoms with Crippen molar-refractivity contribution in [3.8, 4) is 0 Å². The summed E-state index contributed by atoms with van der Waals surface area (Å²) in [5, 5.41) is 8.95. The molecule has 0 amide bonds. The quantitative estimate of drug-likeness (QED) is 0.807. The minimum atomic E-state index is -3.48. The monoisotopic (exact) mass is 285 g/mol. The molecule has 1 atom stereocenters. The molecule has 1 unspecified atom stereocenters. The predicted octanol–water partition coefficient (Wildman–Crippen LogP) is 2.28. The summed E-state index contributed by atoms with van der Waals surface area (Å²) >= 11 is 0. The van der Waals surface area contributed by atoms with Gasteiger partial charge in [-0.3, -0.25) is 0 Å². The van der Waals surface area contributed by atoms with Gasteiger partial charge in [-0.2, -0.15) is 0 Å². The van der Waals surface area contributed by atoms with Gasteiger partial charge in [-0.1, -0.05) is 38.8 Å². The van der Waals surface area contributed by atoms with Crippen LogP contribution in [0, 0.1) is 5.92 Å². The van der Waals surface area contributed by atoms with Gasteiger partial charge in [-0.05, 0) is 30.5 Å². The molecular formula is C14H23NO3S. The SMILES string of the molecule is CCC(CC)C(C)NS(=O)(=O)c1ccc(CO)cc1. The third kappa shape index (κ3) is 4.30. The average Bonchev–Trinajstić information content (AvgIpc) is 2.39. The minimum absolute atomic E-state index is 0.0854. The van der Waals surface area contributed by atoms with E-state index in [2.05, 4.69) is 18.6 Å². The normalized spacial score (nSPS) is 13.7. The molecule has 5 heteroatoms. The van der Waals surface area contributed by atoms with Crippen molar-refractivity contribution in [2.75, 3.05) is 0 Å². The van der Waals surface area contributed by atoms with Gasteiger partial charge in [0, 0.05) is 6.04 Å². The smallest absolute Gasteiger partial charge is 0.240 e. The molecule has 19 heavy (non-hydrogen) atoms. The van der Waals surface area contributed by atoms with E-state index in [1.54, 1.807) is 12.1 Å². The zero-order valence-corrected chi connectivity index (χ0v) is 12.6. The summed E-state index contributed by atoms with van der Waals surface area (Å²) in [6.07, 6.45) is 1.90. The Morgan fingerprint density at radius 1 is 1.16 bits per heavy atom. The van der Waals surface area contributed by atoms with Crippen LogP contribution in [0.4, 0.5) is 0 Å². The van der Waals surface area contributed by atoms with Crippen LogP contribution in [0.3, 0.4) is 0 Å². The van der Waals surface area contributed by atoms with E-state index >= 15 is 0 Å². The number of benzene rings is 1. The summed E-state index contributed by atoms with van der Waals surface area (Å²) in [6.45, 7) is 5.94. The molecule has 4 nitrogen and oxygen atoms in total. The molecule has 1 aromatic carbocycles. The van der Waals surface area contributed by atoms with Crippen molar-refractivity contribution >= 4 is 10.0 Å². The van der Waals surface area contributed by atoms with Crippen LogP contribution < -0.4 is 4.72 Å². The molecule has 1 aromatic rings. The molecule has 0 aromatic heterocycles. The summed E-state index contributed by atoms with van der Waals surface area (Å²) < 4.78 is 27.1. The lowest BCUT2D eigenvalue weighted by Crippen LogP contribution is -2.37. The molecular weight excluding hydrogens is 262 g/mol. The van der Waals surface area contributed by atoms with Crippen LogP contribution in [0.2, 0.25) is 0 Å². The molecule has 0 saturated carbocycles. The van der Waals surface area contributed by atoms with Crippen LogP contribution >= 0.6 is 0 Å². The first-order chi connectivity index (χ1) is 8.94. The zero-order valence-electron chi connectivity index (χ0n) is 11.8. The number of sulfonamides is 1. The van der Waals surface area contributed by atoms with Gasteiger partial charge < -0.3 is 5.11 Å². The number of nitrogens with one attached hydrogen (secondary N) is 1. The number of aliphatic hydroxyl groups excluding tert-OH is 1. The van der Waals surface area contributed by atoms with Crippen LogP contribution in [0.1, 0.15) is 39.2 Å². The standard InChI is InChI=1S/C14H23NO3S/c1-4-13(5-2)11(3)15-19(17,18)14-8-6-12(10-16)7-9-14/h6-9,11,13,15-16H,4-5,10H2,1-3H3. The van der Waals surface area contributed by atoms with E-state index in [-0.39, 0.29) is 17.5 Å². The molecule has 0 aliphatic carbocycles. The fourth-order valence-electron chi connectivity index (χ4n) is 2.18. The summed E-state index contributed by atoms with van der Waals surface area (Å²) in [5.41, 5.74) is 0.701. The summed E-state index contributed by atoms with van der Waals surface area (Å²) in [6, 6.07) is 6.20. The van der Waals surface area contributed by atoms with E-state index in [0.29, 0.717) is 11.5 Å². The molecule has 108 valence electrons. The first-order valence-electron chi connectivity index (χ1n) is 6.66. The second-order valence-electron chi connectivity index (χ2n) is 4.79. The van der Waals surface area contributed by atoms with Gasteiger partial charge in [0.2, 0.25) is 10.0 Å². The third-order valence-electron chi connectivity index (χ3n) is 3.51. The Balaban J connectivity index is 2.85. The maximum absolute atomic E-state index is 12.2. The second-order valence-corrected chi connectivity index (χ2v) is 6.50. The molecule has 1 rings (SSSR count). The van der Waals surface area contributed by atoms with Gasteiger partial charge in [-0.25, -0.2) is 13.1 Å².